The molecule has 4 nitrogen and oxygen atoms in total. The minimum Gasteiger partial charge on any atom is -0.464 e. The lowest BCUT2D eigenvalue weighted by molar-refractivity contribution is 0.509. The van der Waals surface area contributed by atoms with E-state index in [4.69, 9.17) is 14.7 Å². The van der Waals surface area contributed by atoms with Crippen LogP contribution in [-0.2, 0) is 18.3 Å². The van der Waals surface area contributed by atoms with E-state index in [1.807, 2.05) is 6.26 Å². The van der Waals surface area contributed by atoms with Crippen molar-refractivity contribution in [2.24, 2.45) is 10.9 Å². The number of benzene rings is 1. The van der Waals surface area contributed by atoms with Crippen molar-refractivity contribution in [3.8, 4) is 0 Å². The molecule has 1 aliphatic rings. The van der Waals surface area contributed by atoms with E-state index in [1.165, 1.54) is 33.9 Å². The van der Waals surface area contributed by atoms with E-state index in [1.54, 1.807) is 0 Å². The van der Waals surface area contributed by atoms with E-state index in [2.05, 4.69) is 38.9 Å². The Balaban J connectivity index is 2.18. The molecule has 0 atom stereocenters. The van der Waals surface area contributed by atoms with Crippen molar-refractivity contribution in [1.29, 1.82) is 0 Å². The fourth-order valence-corrected chi connectivity index (χ4v) is 3.95. The molecular weight excluding hydrogens is 300 g/mol. The summed E-state index contributed by atoms with van der Waals surface area (Å²) in [5.74, 6) is 5.60. The van der Waals surface area contributed by atoms with Crippen molar-refractivity contribution in [3.05, 3.63) is 40.1 Å². The van der Waals surface area contributed by atoms with Crippen LogP contribution in [0.3, 0.4) is 0 Å². The van der Waals surface area contributed by atoms with Crippen LogP contribution in [-0.4, -0.2) is 0 Å². The zero-order chi connectivity index (χ0) is 17.1. The van der Waals surface area contributed by atoms with Crippen LogP contribution < -0.4 is 11.4 Å². The lowest BCUT2D eigenvalue weighted by Gasteiger charge is -2.19. The van der Waals surface area contributed by atoms with E-state index < -0.39 is 0 Å². The van der Waals surface area contributed by atoms with E-state index >= 15 is 0 Å². The summed E-state index contributed by atoms with van der Waals surface area (Å²) in [4.78, 5) is 0. The second kappa shape index (κ2) is 5.13. The number of furan rings is 1. The Morgan fingerprint density at radius 2 is 1.75 bits per heavy atom. The highest BCUT2D eigenvalue weighted by Gasteiger charge is 2.24. The first-order valence-corrected chi connectivity index (χ1v) is 8.65. The van der Waals surface area contributed by atoms with Gasteiger partial charge in [-0.05, 0) is 49.7 Å². The molecule has 0 bridgehead atoms. The number of rotatable bonds is 0. The number of nitrogens with zero attached hydrogens (tertiary/aromatic N) is 1. The smallest absolute Gasteiger partial charge is 0.239 e. The van der Waals surface area contributed by atoms with Gasteiger partial charge in [0.1, 0.15) is 11.2 Å². The maximum Gasteiger partial charge on any atom is 0.239 e. The van der Waals surface area contributed by atoms with Crippen molar-refractivity contribution in [1.82, 2.24) is 0 Å². The number of fused-ring (bicyclic) bond motifs is 4. The van der Waals surface area contributed by atoms with Gasteiger partial charge in [-0.1, -0.05) is 20.8 Å². The first-order chi connectivity index (χ1) is 11.4. The third kappa shape index (κ3) is 2.09. The van der Waals surface area contributed by atoms with Crippen LogP contribution in [0.2, 0.25) is 0 Å². The molecular formula is C20H24N2O2. The Morgan fingerprint density at radius 1 is 1.04 bits per heavy atom. The highest BCUT2D eigenvalue weighted by Crippen LogP contribution is 2.38. The second-order valence-corrected chi connectivity index (χ2v) is 7.85. The van der Waals surface area contributed by atoms with Gasteiger partial charge in [0.15, 0.2) is 0 Å². The number of aryl methyl sites for hydroxylation is 2. The Hall–Kier alpha value is -2.23. The topological polar surface area (TPSA) is 64.7 Å². The molecule has 0 aliphatic heterocycles. The molecule has 0 amide bonds. The van der Waals surface area contributed by atoms with E-state index in [0.29, 0.717) is 5.55 Å². The number of nitrogens with two attached hydrogens (primary N) is 1. The summed E-state index contributed by atoms with van der Waals surface area (Å²) in [6.07, 6.45) is 6.29. The molecule has 0 spiro atoms. The Morgan fingerprint density at radius 3 is 2.42 bits per heavy atom. The van der Waals surface area contributed by atoms with Gasteiger partial charge in [0.25, 0.3) is 0 Å². The van der Waals surface area contributed by atoms with Crippen LogP contribution in [0, 0.1) is 6.92 Å². The quantitative estimate of drug-likeness (QED) is 0.491. The van der Waals surface area contributed by atoms with Gasteiger partial charge in [0.05, 0.1) is 6.26 Å². The van der Waals surface area contributed by atoms with Crippen LogP contribution in [0.4, 0.5) is 0 Å². The molecule has 1 aromatic carbocycles. The van der Waals surface area contributed by atoms with Crippen LogP contribution >= 0.6 is 0 Å². The van der Waals surface area contributed by atoms with Gasteiger partial charge >= 0.3 is 0 Å². The molecule has 0 radical (unpaired) electrons. The van der Waals surface area contributed by atoms with Gasteiger partial charge in [-0.2, -0.15) is 0 Å². The van der Waals surface area contributed by atoms with Gasteiger partial charge in [0.2, 0.25) is 5.55 Å². The van der Waals surface area contributed by atoms with Crippen molar-refractivity contribution >= 4 is 21.9 Å². The molecule has 4 rings (SSSR count). The predicted octanol–water partition coefficient (Wildman–Crippen LogP) is 4.44. The van der Waals surface area contributed by atoms with E-state index in [-0.39, 0.29) is 5.41 Å². The molecule has 0 saturated carbocycles. The van der Waals surface area contributed by atoms with Crippen LogP contribution in [0.15, 0.2) is 26.3 Å². The highest BCUT2D eigenvalue weighted by atomic mass is 16.3. The summed E-state index contributed by atoms with van der Waals surface area (Å²) < 4.78 is 12.0. The molecule has 126 valence electrons. The van der Waals surface area contributed by atoms with Crippen LogP contribution in [0.5, 0.6) is 0 Å². The highest BCUT2D eigenvalue weighted by molar-refractivity contribution is 6.00. The molecule has 3 aromatic rings. The lowest BCUT2D eigenvalue weighted by Crippen LogP contribution is -2.19. The van der Waals surface area contributed by atoms with Gasteiger partial charge < -0.3 is 14.7 Å². The predicted molar refractivity (Wildman–Crippen MR) is 95.8 cm³/mol. The maximum atomic E-state index is 6.09. The first kappa shape index (κ1) is 15.3. The fourth-order valence-electron chi connectivity index (χ4n) is 3.95. The van der Waals surface area contributed by atoms with Crippen molar-refractivity contribution in [2.75, 3.05) is 0 Å². The summed E-state index contributed by atoms with van der Waals surface area (Å²) in [5, 5.41) is 6.28. The Kier molecular flexibility index (Phi) is 3.27. The molecule has 2 N–H and O–H groups in total. The SMILES string of the molecule is Cc1c2occ(C(C)(C)C)c2cc2c3c(c(=NN)oc12)CCCC3. The van der Waals surface area contributed by atoms with Gasteiger partial charge in [-0.25, -0.2) is 0 Å². The van der Waals surface area contributed by atoms with Gasteiger partial charge in [0, 0.05) is 27.5 Å². The zero-order valence-electron chi connectivity index (χ0n) is 14.8. The van der Waals surface area contributed by atoms with Crippen molar-refractivity contribution < 1.29 is 8.83 Å². The largest absolute Gasteiger partial charge is 0.464 e. The third-order valence-corrected chi connectivity index (χ3v) is 5.22. The second-order valence-electron chi connectivity index (χ2n) is 7.85. The monoisotopic (exact) mass is 324 g/mol. The first-order valence-electron chi connectivity index (χ1n) is 8.65. The van der Waals surface area contributed by atoms with Crippen LogP contribution in [0.1, 0.15) is 55.9 Å². The standard InChI is InChI=1S/C20H24N2O2/c1-11-17-15(16(10-23-17)20(2,3)4)9-14-12-7-5-6-8-13(12)19(22-21)24-18(11)14/h9-10H,5-8,21H2,1-4H3. The zero-order valence-corrected chi connectivity index (χ0v) is 14.8. The molecule has 0 unspecified atom stereocenters. The summed E-state index contributed by atoms with van der Waals surface area (Å²) >= 11 is 0. The number of hydrogen-bond acceptors (Lipinski definition) is 4. The molecule has 0 saturated heterocycles. The summed E-state index contributed by atoms with van der Waals surface area (Å²) in [6, 6.07) is 2.25. The van der Waals surface area contributed by atoms with E-state index in [9.17, 15) is 0 Å². The third-order valence-electron chi connectivity index (χ3n) is 5.22. The minimum atomic E-state index is 0.0368. The van der Waals surface area contributed by atoms with Crippen molar-refractivity contribution in [3.63, 3.8) is 0 Å². The summed E-state index contributed by atoms with van der Waals surface area (Å²) in [7, 11) is 0. The Bertz CT molecular complexity index is 1020. The average Bonchev–Trinajstić information content (AvgIpc) is 2.99. The minimum absolute atomic E-state index is 0.0368. The van der Waals surface area contributed by atoms with E-state index in [0.717, 1.165) is 36.0 Å². The average molecular weight is 324 g/mol. The van der Waals surface area contributed by atoms with Crippen LogP contribution in [0.25, 0.3) is 21.9 Å². The normalized spacial score (nSPS) is 16.1. The molecule has 2 heterocycles. The number of hydrogen-bond donors (Lipinski definition) is 1. The lowest BCUT2D eigenvalue weighted by atomic mass is 9.85. The molecule has 24 heavy (non-hydrogen) atoms. The molecule has 1 aliphatic carbocycles. The molecule has 2 aromatic heterocycles. The molecule has 0 fully saturated rings. The molecule has 4 heteroatoms. The van der Waals surface area contributed by atoms with Crippen molar-refractivity contribution in [2.45, 2.75) is 58.8 Å². The fraction of sp³-hybridized carbons (Fsp3) is 0.450. The maximum absolute atomic E-state index is 6.09. The summed E-state index contributed by atoms with van der Waals surface area (Å²) in [5.41, 5.74) is 7.14. The Labute approximate surface area is 141 Å². The van der Waals surface area contributed by atoms with Gasteiger partial charge in [-0.15, -0.1) is 5.10 Å². The van der Waals surface area contributed by atoms with Gasteiger partial charge in [-0.3, -0.25) is 0 Å². The summed E-state index contributed by atoms with van der Waals surface area (Å²) in [6.45, 7) is 8.70.